The van der Waals surface area contributed by atoms with Gasteiger partial charge in [-0.3, -0.25) is 4.57 Å². The van der Waals surface area contributed by atoms with Gasteiger partial charge in [-0.1, -0.05) is 17.7 Å². The number of hydrogen-bond acceptors (Lipinski definition) is 4. The Labute approximate surface area is 153 Å². The van der Waals surface area contributed by atoms with Crippen LogP contribution in [-0.2, 0) is 13.5 Å². The summed E-state index contributed by atoms with van der Waals surface area (Å²) in [6.45, 7) is 5.16. The lowest BCUT2D eigenvalue weighted by Gasteiger charge is -2.21. The van der Waals surface area contributed by atoms with E-state index in [0.29, 0.717) is 12.5 Å². The molecule has 0 amide bonds. The molecule has 3 N–H and O–H groups in total. The van der Waals surface area contributed by atoms with Crippen molar-refractivity contribution in [3.63, 3.8) is 0 Å². The highest BCUT2D eigenvalue weighted by Crippen LogP contribution is 2.39. The number of H-pyrrole nitrogens is 1. The molecule has 1 fully saturated rings. The molecule has 1 aromatic heterocycles. The molecule has 1 heterocycles. The van der Waals surface area contributed by atoms with Crippen LogP contribution in [0.3, 0.4) is 0 Å². The average Bonchev–Trinajstić information content (AvgIpc) is 3.25. The van der Waals surface area contributed by atoms with Crippen LogP contribution >= 0.6 is 0 Å². The Hall–Kier alpha value is -1.92. The number of aromatic nitrogens is 3. The number of nitrogens with one attached hydrogen (secondary N) is 2. The van der Waals surface area contributed by atoms with Gasteiger partial charge in [0.2, 0.25) is 0 Å². The van der Waals surface area contributed by atoms with Gasteiger partial charge >= 0.3 is 5.69 Å². The van der Waals surface area contributed by atoms with Crippen LogP contribution in [0, 0.1) is 19.8 Å². The summed E-state index contributed by atoms with van der Waals surface area (Å²) in [5, 5.41) is 20.9. The smallest absolute Gasteiger partial charge is 0.343 e. The van der Waals surface area contributed by atoms with Crippen molar-refractivity contribution in [2.45, 2.75) is 57.6 Å². The van der Waals surface area contributed by atoms with Crippen molar-refractivity contribution in [1.29, 1.82) is 0 Å². The lowest BCUT2D eigenvalue weighted by Crippen LogP contribution is -2.30. The molecule has 2 aliphatic rings. The first-order valence-electron chi connectivity index (χ1n) is 9.56. The van der Waals surface area contributed by atoms with Crippen molar-refractivity contribution in [2.75, 3.05) is 6.54 Å². The van der Waals surface area contributed by atoms with Crippen molar-refractivity contribution in [1.82, 2.24) is 20.1 Å². The van der Waals surface area contributed by atoms with E-state index in [1.165, 1.54) is 22.3 Å². The number of aliphatic hydroxyl groups excluding tert-OH is 1. The molecule has 4 atom stereocenters. The van der Waals surface area contributed by atoms with Crippen LogP contribution < -0.4 is 11.0 Å². The van der Waals surface area contributed by atoms with Crippen molar-refractivity contribution in [3.8, 4) is 0 Å². The predicted molar refractivity (Wildman–Crippen MR) is 100 cm³/mol. The van der Waals surface area contributed by atoms with Crippen LogP contribution in [0.2, 0.25) is 0 Å². The van der Waals surface area contributed by atoms with E-state index in [0.717, 1.165) is 31.6 Å². The topological polar surface area (TPSA) is 82.9 Å². The van der Waals surface area contributed by atoms with Crippen LogP contribution in [0.15, 0.2) is 16.9 Å². The first-order valence-corrected chi connectivity index (χ1v) is 9.56. The minimum atomic E-state index is -0.348. The molecular weight excluding hydrogens is 328 g/mol. The Balaban J connectivity index is 1.42. The molecule has 0 saturated heterocycles. The zero-order chi connectivity index (χ0) is 18.4. The SMILES string of the molecule is Cc1cc(C)c2c(c1)CCC2NC[C@H]1C[C@H](c2n[nH]c(=O)n2C)C[C@H]1O. The standard InChI is InChI=1S/C20H28N4O2/c1-11-6-12(2)18-13(7-11)4-5-16(18)21-10-15-8-14(9-17(15)25)19-22-23-20(26)24(19)3/h6-7,14-17,21,25H,4-5,8-10H2,1-3H3,(H,23,26)/t14-,15+,16?,17+/m0/s1. The summed E-state index contributed by atoms with van der Waals surface area (Å²) in [5.74, 6) is 1.09. The maximum absolute atomic E-state index is 11.6. The van der Waals surface area contributed by atoms with Crippen molar-refractivity contribution >= 4 is 0 Å². The predicted octanol–water partition coefficient (Wildman–Crippen LogP) is 1.86. The summed E-state index contributed by atoms with van der Waals surface area (Å²) in [6, 6.07) is 4.95. The molecule has 0 radical (unpaired) electrons. The maximum Gasteiger partial charge on any atom is 0.343 e. The second kappa shape index (κ2) is 6.67. The van der Waals surface area contributed by atoms with E-state index in [4.69, 9.17) is 0 Å². The minimum absolute atomic E-state index is 0.140. The molecule has 26 heavy (non-hydrogen) atoms. The van der Waals surface area contributed by atoms with Crippen molar-refractivity contribution < 1.29 is 5.11 Å². The Morgan fingerprint density at radius 3 is 2.88 bits per heavy atom. The molecule has 2 aliphatic carbocycles. The van der Waals surface area contributed by atoms with Crippen LogP contribution in [0.1, 0.15) is 59.3 Å². The van der Waals surface area contributed by atoms with Gasteiger partial charge in [0.15, 0.2) is 0 Å². The maximum atomic E-state index is 11.6. The molecule has 0 spiro atoms. The van der Waals surface area contributed by atoms with Gasteiger partial charge in [0.25, 0.3) is 0 Å². The van der Waals surface area contributed by atoms with E-state index in [2.05, 4.69) is 41.5 Å². The van der Waals surface area contributed by atoms with Crippen LogP contribution in [0.5, 0.6) is 0 Å². The van der Waals surface area contributed by atoms with Gasteiger partial charge in [0.05, 0.1) is 6.10 Å². The van der Waals surface area contributed by atoms with Gasteiger partial charge in [-0.05, 0) is 62.1 Å². The largest absolute Gasteiger partial charge is 0.393 e. The summed E-state index contributed by atoms with van der Waals surface area (Å²) in [5.41, 5.74) is 5.43. The summed E-state index contributed by atoms with van der Waals surface area (Å²) < 4.78 is 1.56. The number of fused-ring (bicyclic) bond motifs is 1. The third kappa shape index (κ3) is 3.01. The number of hydrogen-bond donors (Lipinski definition) is 3. The quantitative estimate of drug-likeness (QED) is 0.781. The van der Waals surface area contributed by atoms with Gasteiger partial charge in [0, 0.05) is 25.6 Å². The van der Waals surface area contributed by atoms with Crippen LogP contribution in [0.25, 0.3) is 0 Å². The molecule has 0 bridgehead atoms. The monoisotopic (exact) mass is 356 g/mol. The molecular formula is C20H28N4O2. The highest BCUT2D eigenvalue weighted by molar-refractivity contribution is 5.43. The highest BCUT2D eigenvalue weighted by atomic mass is 16.3. The van der Waals surface area contributed by atoms with E-state index in [1.54, 1.807) is 11.6 Å². The van der Waals surface area contributed by atoms with Gasteiger partial charge in [0.1, 0.15) is 5.82 Å². The number of aromatic amines is 1. The number of aryl methyl sites for hydroxylation is 3. The molecule has 1 saturated carbocycles. The number of rotatable bonds is 4. The fraction of sp³-hybridized carbons (Fsp3) is 0.600. The lowest BCUT2D eigenvalue weighted by molar-refractivity contribution is 0.129. The van der Waals surface area contributed by atoms with E-state index in [9.17, 15) is 9.90 Å². The Morgan fingerprint density at radius 1 is 1.35 bits per heavy atom. The molecule has 6 heteroatoms. The summed E-state index contributed by atoms with van der Waals surface area (Å²) >= 11 is 0. The first-order chi connectivity index (χ1) is 12.4. The van der Waals surface area contributed by atoms with Gasteiger partial charge in [-0.2, -0.15) is 5.10 Å². The number of nitrogens with zero attached hydrogens (tertiary/aromatic N) is 2. The molecule has 6 nitrogen and oxygen atoms in total. The zero-order valence-electron chi connectivity index (χ0n) is 15.7. The fourth-order valence-corrected chi connectivity index (χ4v) is 4.97. The molecule has 0 aliphatic heterocycles. The van der Waals surface area contributed by atoms with Crippen LogP contribution in [-0.4, -0.2) is 32.5 Å². The molecule has 4 rings (SSSR count). The number of aliphatic hydroxyl groups is 1. The van der Waals surface area contributed by atoms with Crippen LogP contribution in [0.4, 0.5) is 0 Å². The minimum Gasteiger partial charge on any atom is -0.393 e. The van der Waals surface area contributed by atoms with Gasteiger partial charge < -0.3 is 10.4 Å². The highest BCUT2D eigenvalue weighted by Gasteiger charge is 2.36. The van der Waals surface area contributed by atoms with Gasteiger partial charge in [-0.15, -0.1) is 0 Å². The van der Waals surface area contributed by atoms with E-state index < -0.39 is 0 Å². The van der Waals surface area contributed by atoms with Gasteiger partial charge in [-0.25, -0.2) is 9.89 Å². The third-order valence-electron chi connectivity index (χ3n) is 6.23. The normalized spacial score (nSPS) is 27.8. The summed E-state index contributed by atoms with van der Waals surface area (Å²) in [6.07, 6.45) is 3.43. The van der Waals surface area contributed by atoms with Crippen molar-refractivity contribution in [2.24, 2.45) is 13.0 Å². The Morgan fingerprint density at radius 2 is 2.15 bits per heavy atom. The molecule has 140 valence electrons. The first kappa shape index (κ1) is 17.5. The second-order valence-corrected chi connectivity index (χ2v) is 8.10. The number of benzene rings is 1. The Bertz CT molecular complexity index is 869. The zero-order valence-corrected chi connectivity index (χ0v) is 15.7. The second-order valence-electron chi connectivity index (χ2n) is 8.10. The molecule has 1 unspecified atom stereocenters. The van der Waals surface area contributed by atoms with Crippen molar-refractivity contribution in [3.05, 3.63) is 50.7 Å². The third-order valence-corrected chi connectivity index (χ3v) is 6.23. The Kier molecular flexibility index (Phi) is 4.49. The molecule has 2 aromatic rings. The van der Waals surface area contributed by atoms with E-state index >= 15 is 0 Å². The average molecular weight is 356 g/mol. The lowest BCUT2D eigenvalue weighted by atomic mass is 9.98. The summed E-state index contributed by atoms with van der Waals surface area (Å²) in [4.78, 5) is 11.6. The van der Waals surface area contributed by atoms with E-state index in [-0.39, 0.29) is 23.6 Å². The summed E-state index contributed by atoms with van der Waals surface area (Å²) in [7, 11) is 1.74. The fourth-order valence-electron chi connectivity index (χ4n) is 4.97. The van der Waals surface area contributed by atoms with E-state index in [1.807, 2.05) is 0 Å². The molecule has 1 aromatic carbocycles.